The second-order valence-corrected chi connectivity index (χ2v) is 9.05. The molecule has 1 atom stereocenters. The van der Waals surface area contributed by atoms with Crippen molar-refractivity contribution < 1.29 is 4.79 Å². The number of benzene rings is 3. The molecule has 8 nitrogen and oxygen atoms in total. The molecule has 4 aromatic rings. The molecule has 2 heterocycles. The number of rotatable bonds is 6. The fourth-order valence-electron chi connectivity index (χ4n) is 4.39. The van der Waals surface area contributed by atoms with E-state index in [-0.39, 0.29) is 24.1 Å². The zero-order chi connectivity index (χ0) is 25.2. The monoisotopic (exact) mass is 500 g/mol. The van der Waals surface area contributed by atoms with Crippen LogP contribution in [-0.4, -0.2) is 39.6 Å². The first kappa shape index (κ1) is 23.6. The Morgan fingerprint density at radius 3 is 2.53 bits per heavy atom. The molecule has 182 valence electrons. The standard InChI is InChI=1S/C27H25ClN6O2/c1-29-25(35)21-10-6-7-18(15-21)16-34-27(36)32(2)26(31-34)33-17-23(19-8-4-3-5-9-19)24(30-33)20-11-13-22(28)14-12-20/h3-15,23H,16-17H2,1-2H3,(H,29,35). The minimum atomic E-state index is -0.262. The molecule has 1 aliphatic heterocycles. The zero-order valence-corrected chi connectivity index (χ0v) is 20.7. The summed E-state index contributed by atoms with van der Waals surface area (Å²) in [6.45, 7) is 0.777. The molecule has 5 rings (SSSR count). The highest BCUT2D eigenvalue weighted by molar-refractivity contribution is 6.30. The molecule has 0 saturated carbocycles. The van der Waals surface area contributed by atoms with Gasteiger partial charge in [0.05, 0.1) is 18.8 Å². The van der Waals surface area contributed by atoms with Crippen LogP contribution >= 0.6 is 11.6 Å². The second kappa shape index (κ2) is 9.83. The SMILES string of the molecule is CNC(=O)c1cccc(Cn2nc(N3CC(c4ccccc4)C(c4ccc(Cl)cc4)=N3)n(C)c2=O)c1. The predicted octanol–water partition coefficient (Wildman–Crippen LogP) is 3.65. The van der Waals surface area contributed by atoms with Gasteiger partial charge in [0.25, 0.3) is 5.91 Å². The summed E-state index contributed by atoms with van der Waals surface area (Å²) in [5, 5.41) is 14.6. The van der Waals surface area contributed by atoms with E-state index in [0.29, 0.717) is 23.1 Å². The van der Waals surface area contributed by atoms with Crippen molar-refractivity contribution in [3.8, 4) is 0 Å². The molecule has 0 saturated heterocycles. The number of hydrazone groups is 1. The maximum absolute atomic E-state index is 13.1. The molecule has 0 fully saturated rings. The van der Waals surface area contributed by atoms with Gasteiger partial charge < -0.3 is 5.32 Å². The average Bonchev–Trinajstić information content (AvgIpc) is 3.46. The summed E-state index contributed by atoms with van der Waals surface area (Å²) in [7, 11) is 3.28. The van der Waals surface area contributed by atoms with Gasteiger partial charge in [-0.05, 0) is 41.0 Å². The van der Waals surface area contributed by atoms with Crippen LogP contribution in [0, 0.1) is 0 Å². The molecular formula is C27H25ClN6O2. The predicted molar refractivity (Wildman–Crippen MR) is 141 cm³/mol. The fraction of sp³-hybridized carbons (Fsp3) is 0.185. The maximum atomic E-state index is 13.1. The van der Waals surface area contributed by atoms with Crippen molar-refractivity contribution in [1.82, 2.24) is 19.7 Å². The first-order valence-corrected chi connectivity index (χ1v) is 11.9. The van der Waals surface area contributed by atoms with E-state index in [4.69, 9.17) is 16.7 Å². The first-order chi connectivity index (χ1) is 17.4. The highest BCUT2D eigenvalue weighted by Gasteiger charge is 2.32. The molecule has 0 bridgehead atoms. The molecule has 1 aliphatic rings. The van der Waals surface area contributed by atoms with Crippen molar-refractivity contribution in [2.24, 2.45) is 12.1 Å². The lowest BCUT2D eigenvalue weighted by Crippen LogP contribution is -2.25. The Bertz CT molecular complexity index is 1490. The number of nitrogens with zero attached hydrogens (tertiary/aromatic N) is 5. The minimum absolute atomic E-state index is 0.00290. The van der Waals surface area contributed by atoms with E-state index in [1.165, 1.54) is 9.25 Å². The molecule has 1 unspecified atom stereocenters. The molecule has 3 aromatic carbocycles. The third kappa shape index (κ3) is 4.55. The lowest BCUT2D eigenvalue weighted by molar-refractivity contribution is 0.0963. The van der Waals surface area contributed by atoms with Gasteiger partial charge in [-0.2, -0.15) is 5.10 Å². The lowest BCUT2D eigenvalue weighted by atomic mass is 9.91. The van der Waals surface area contributed by atoms with Gasteiger partial charge in [-0.3, -0.25) is 9.36 Å². The van der Waals surface area contributed by atoms with E-state index in [9.17, 15) is 9.59 Å². The Morgan fingerprint density at radius 2 is 1.81 bits per heavy atom. The third-order valence-electron chi connectivity index (χ3n) is 6.25. The highest BCUT2D eigenvalue weighted by Crippen LogP contribution is 2.31. The van der Waals surface area contributed by atoms with E-state index in [2.05, 4.69) is 22.5 Å². The van der Waals surface area contributed by atoms with Crippen LogP contribution in [0.2, 0.25) is 5.02 Å². The van der Waals surface area contributed by atoms with Crippen LogP contribution in [-0.2, 0) is 13.6 Å². The van der Waals surface area contributed by atoms with E-state index in [1.54, 1.807) is 37.3 Å². The Balaban J connectivity index is 1.49. The number of anilines is 1. The quantitative estimate of drug-likeness (QED) is 0.438. The van der Waals surface area contributed by atoms with Crippen molar-refractivity contribution in [2.75, 3.05) is 18.6 Å². The van der Waals surface area contributed by atoms with Crippen molar-refractivity contribution in [2.45, 2.75) is 12.5 Å². The van der Waals surface area contributed by atoms with Crippen LogP contribution in [0.15, 0.2) is 88.8 Å². The number of hydrogen-bond donors (Lipinski definition) is 1. The van der Waals surface area contributed by atoms with Crippen molar-refractivity contribution in [3.05, 3.63) is 117 Å². The number of amides is 1. The molecule has 36 heavy (non-hydrogen) atoms. The Labute approximate surface area is 213 Å². The van der Waals surface area contributed by atoms with Gasteiger partial charge in [-0.15, -0.1) is 5.10 Å². The fourth-order valence-corrected chi connectivity index (χ4v) is 4.51. The van der Waals surface area contributed by atoms with Crippen LogP contribution in [0.3, 0.4) is 0 Å². The van der Waals surface area contributed by atoms with Crippen LogP contribution in [0.4, 0.5) is 5.95 Å². The normalized spacial score (nSPS) is 15.1. The molecule has 0 spiro atoms. The lowest BCUT2D eigenvalue weighted by Gasteiger charge is -2.15. The van der Waals surface area contributed by atoms with Gasteiger partial charge in [0.15, 0.2) is 0 Å². The molecule has 1 N–H and O–H groups in total. The molecule has 0 radical (unpaired) electrons. The largest absolute Gasteiger partial charge is 0.355 e. The summed E-state index contributed by atoms with van der Waals surface area (Å²) in [5.74, 6) is 0.267. The summed E-state index contributed by atoms with van der Waals surface area (Å²) in [4.78, 5) is 25.1. The number of carbonyl (C=O) groups is 1. The second-order valence-electron chi connectivity index (χ2n) is 8.62. The number of aromatic nitrogens is 3. The maximum Gasteiger partial charge on any atom is 0.347 e. The third-order valence-corrected chi connectivity index (χ3v) is 6.51. The number of nitrogens with one attached hydrogen (secondary N) is 1. The van der Waals surface area contributed by atoms with Gasteiger partial charge in [0.1, 0.15) is 0 Å². The van der Waals surface area contributed by atoms with E-state index >= 15 is 0 Å². The molecule has 1 amide bonds. The molecule has 1 aromatic heterocycles. The van der Waals surface area contributed by atoms with Crippen molar-refractivity contribution in [1.29, 1.82) is 0 Å². The summed E-state index contributed by atoms with van der Waals surface area (Å²) >= 11 is 6.12. The summed E-state index contributed by atoms with van der Waals surface area (Å²) in [6, 6.07) is 24.9. The van der Waals surface area contributed by atoms with E-state index < -0.39 is 0 Å². The first-order valence-electron chi connectivity index (χ1n) is 11.6. The molecular weight excluding hydrogens is 476 g/mol. The van der Waals surface area contributed by atoms with Crippen molar-refractivity contribution >= 4 is 29.2 Å². The van der Waals surface area contributed by atoms with E-state index in [0.717, 1.165) is 22.4 Å². The van der Waals surface area contributed by atoms with Gasteiger partial charge in [0, 0.05) is 30.6 Å². The summed E-state index contributed by atoms with van der Waals surface area (Å²) in [6.07, 6.45) is 0. The van der Waals surface area contributed by atoms with Gasteiger partial charge in [-0.25, -0.2) is 14.5 Å². The molecule has 9 heteroatoms. The molecule has 0 aliphatic carbocycles. The highest BCUT2D eigenvalue weighted by atomic mass is 35.5. The summed E-state index contributed by atoms with van der Waals surface area (Å²) in [5.41, 5.74) is 4.05. The topological polar surface area (TPSA) is 84.5 Å². The van der Waals surface area contributed by atoms with Gasteiger partial charge in [-0.1, -0.05) is 66.2 Å². The average molecular weight is 501 g/mol. The number of hydrogen-bond acceptors (Lipinski definition) is 5. The smallest absolute Gasteiger partial charge is 0.347 e. The van der Waals surface area contributed by atoms with Crippen LogP contribution in [0.25, 0.3) is 0 Å². The zero-order valence-electron chi connectivity index (χ0n) is 19.9. The van der Waals surface area contributed by atoms with Gasteiger partial charge >= 0.3 is 5.69 Å². The number of carbonyl (C=O) groups excluding carboxylic acids is 1. The Hall–Kier alpha value is -4.17. The Kier molecular flexibility index (Phi) is 6.43. The van der Waals surface area contributed by atoms with Crippen molar-refractivity contribution in [3.63, 3.8) is 0 Å². The van der Waals surface area contributed by atoms with Crippen LogP contribution in [0.5, 0.6) is 0 Å². The minimum Gasteiger partial charge on any atom is -0.355 e. The van der Waals surface area contributed by atoms with E-state index in [1.807, 2.05) is 48.5 Å². The number of halogens is 1. The van der Waals surface area contributed by atoms with Gasteiger partial charge in [0.2, 0.25) is 5.95 Å². The Morgan fingerprint density at radius 1 is 1.06 bits per heavy atom. The van der Waals surface area contributed by atoms with Crippen LogP contribution < -0.4 is 16.0 Å². The summed E-state index contributed by atoms with van der Waals surface area (Å²) < 4.78 is 2.89. The van der Waals surface area contributed by atoms with Crippen LogP contribution in [0.1, 0.15) is 33.0 Å².